The molecule has 2 aromatic heterocycles. The number of hydrogen-bond donors (Lipinski definition) is 2. The number of thiazole rings is 1. The van der Waals surface area contributed by atoms with E-state index in [1.165, 1.54) is 30.3 Å². The second-order valence-corrected chi connectivity index (χ2v) is 12.0. The Morgan fingerprint density at radius 3 is 2.26 bits per heavy atom. The number of aromatic nitrogens is 1. The molecule has 0 atom stereocenters. The standard InChI is InChI=1S/C19H14ClN3O4S4/c20-13-7-9-14(10-8-13)30(24,25)22-16-5-2-1-4-15(16)17-12-29-19(21-17)23-31(26,27)18-6-3-11-28-18/h1-12,22H,(H,21,23). The fraction of sp³-hybridized carbons (Fsp3) is 0. The number of benzene rings is 2. The largest absolute Gasteiger partial charge is 0.279 e. The van der Waals surface area contributed by atoms with E-state index < -0.39 is 20.0 Å². The van der Waals surface area contributed by atoms with E-state index in [1.54, 1.807) is 41.1 Å². The van der Waals surface area contributed by atoms with Crippen LogP contribution in [0.1, 0.15) is 0 Å². The summed E-state index contributed by atoms with van der Waals surface area (Å²) in [5, 5.41) is 3.94. The van der Waals surface area contributed by atoms with Crippen LogP contribution in [0.15, 0.2) is 80.5 Å². The third-order valence-corrected chi connectivity index (χ3v) is 9.31. The maximum absolute atomic E-state index is 12.8. The van der Waals surface area contributed by atoms with E-state index >= 15 is 0 Å². The molecule has 0 amide bonds. The summed E-state index contributed by atoms with van der Waals surface area (Å²) >= 11 is 8.04. The van der Waals surface area contributed by atoms with E-state index in [0.717, 1.165) is 22.7 Å². The van der Waals surface area contributed by atoms with Gasteiger partial charge in [0.25, 0.3) is 20.0 Å². The molecule has 0 radical (unpaired) electrons. The number of nitrogens with one attached hydrogen (secondary N) is 2. The fourth-order valence-electron chi connectivity index (χ4n) is 2.64. The van der Waals surface area contributed by atoms with Gasteiger partial charge in [0.2, 0.25) is 0 Å². The van der Waals surface area contributed by atoms with Gasteiger partial charge in [-0.05, 0) is 41.8 Å². The van der Waals surface area contributed by atoms with Gasteiger partial charge in [-0.1, -0.05) is 35.9 Å². The molecular weight excluding hydrogens is 498 g/mol. The van der Waals surface area contributed by atoms with Gasteiger partial charge in [0.05, 0.1) is 16.3 Å². The summed E-state index contributed by atoms with van der Waals surface area (Å²) in [6.07, 6.45) is 0. The molecule has 4 aromatic rings. The Bertz CT molecular complexity index is 1420. The van der Waals surface area contributed by atoms with Crippen molar-refractivity contribution in [3.05, 3.63) is 76.4 Å². The molecule has 7 nitrogen and oxygen atoms in total. The minimum Gasteiger partial charge on any atom is -0.279 e. The predicted molar refractivity (Wildman–Crippen MR) is 125 cm³/mol. The van der Waals surface area contributed by atoms with Crippen LogP contribution in [0.2, 0.25) is 5.02 Å². The first-order chi connectivity index (χ1) is 14.7. The Labute approximate surface area is 192 Å². The van der Waals surface area contributed by atoms with E-state index in [0.29, 0.717) is 22.0 Å². The molecule has 0 aliphatic carbocycles. The van der Waals surface area contributed by atoms with Crippen LogP contribution in [0.5, 0.6) is 0 Å². The third-order valence-electron chi connectivity index (χ3n) is 4.06. The van der Waals surface area contributed by atoms with Crippen LogP contribution in [0, 0.1) is 0 Å². The minimum atomic E-state index is -3.86. The highest BCUT2D eigenvalue weighted by molar-refractivity contribution is 7.94. The number of rotatable bonds is 7. The zero-order valence-corrected chi connectivity index (χ0v) is 19.5. The van der Waals surface area contributed by atoms with E-state index in [-0.39, 0.29) is 14.2 Å². The quantitative estimate of drug-likeness (QED) is 0.358. The van der Waals surface area contributed by atoms with Crippen molar-refractivity contribution in [1.82, 2.24) is 4.98 Å². The number of halogens is 1. The molecule has 0 spiro atoms. The monoisotopic (exact) mass is 511 g/mol. The van der Waals surface area contributed by atoms with Crippen LogP contribution in [0.4, 0.5) is 10.8 Å². The maximum atomic E-state index is 12.8. The highest BCUT2D eigenvalue weighted by Crippen LogP contribution is 2.33. The molecule has 0 fully saturated rings. The van der Waals surface area contributed by atoms with Gasteiger partial charge in [0.15, 0.2) is 5.13 Å². The SMILES string of the molecule is O=S(=O)(Nc1ccccc1-c1csc(NS(=O)(=O)c2cccs2)n1)c1ccc(Cl)cc1. The van der Waals surface area contributed by atoms with Gasteiger partial charge in [0.1, 0.15) is 4.21 Å². The van der Waals surface area contributed by atoms with Gasteiger partial charge in [0, 0.05) is 16.0 Å². The van der Waals surface area contributed by atoms with Crippen molar-refractivity contribution in [3.63, 3.8) is 0 Å². The normalized spacial score (nSPS) is 11.9. The summed E-state index contributed by atoms with van der Waals surface area (Å²) < 4.78 is 55.5. The number of hydrogen-bond acceptors (Lipinski definition) is 7. The Balaban J connectivity index is 1.62. The molecule has 0 aliphatic heterocycles. The molecule has 0 bridgehead atoms. The molecule has 0 saturated heterocycles. The van der Waals surface area contributed by atoms with Crippen molar-refractivity contribution in [3.8, 4) is 11.3 Å². The summed E-state index contributed by atoms with van der Waals surface area (Å²) in [6.45, 7) is 0. The number of anilines is 2. The average molecular weight is 512 g/mol. The number of sulfonamides is 2. The molecule has 2 N–H and O–H groups in total. The lowest BCUT2D eigenvalue weighted by atomic mass is 10.1. The van der Waals surface area contributed by atoms with Gasteiger partial charge >= 0.3 is 0 Å². The van der Waals surface area contributed by atoms with Gasteiger partial charge in [-0.15, -0.1) is 22.7 Å². The van der Waals surface area contributed by atoms with Gasteiger partial charge in [-0.2, -0.15) is 0 Å². The Morgan fingerprint density at radius 1 is 0.806 bits per heavy atom. The Morgan fingerprint density at radius 2 is 1.55 bits per heavy atom. The summed E-state index contributed by atoms with van der Waals surface area (Å²) in [4.78, 5) is 4.40. The second-order valence-electron chi connectivity index (χ2n) is 6.18. The highest BCUT2D eigenvalue weighted by Gasteiger charge is 2.20. The van der Waals surface area contributed by atoms with Crippen LogP contribution < -0.4 is 9.44 Å². The lowest BCUT2D eigenvalue weighted by molar-refractivity contribution is 0.600. The Kier molecular flexibility index (Phi) is 6.04. The third kappa shape index (κ3) is 4.91. The van der Waals surface area contributed by atoms with Gasteiger partial charge in [-0.3, -0.25) is 9.44 Å². The number of thiophene rings is 1. The van der Waals surface area contributed by atoms with Crippen LogP contribution in [0.3, 0.4) is 0 Å². The van der Waals surface area contributed by atoms with Crippen LogP contribution in [-0.2, 0) is 20.0 Å². The van der Waals surface area contributed by atoms with Crippen molar-refractivity contribution in [2.75, 3.05) is 9.44 Å². The van der Waals surface area contributed by atoms with Crippen molar-refractivity contribution in [1.29, 1.82) is 0 Å². The molecule has 4 rings (SSSR count). The van der Waals surface area contributed by atoms with Crippen molar-refractivity contribution < 1.29 is 16.8 Å². The molecule has 0 unspecified atom stereocenters. The van der Waals surface area contributed by atoms with Crippen LogP contribution >= 0.6 is 34.3 Å². The Hall–Kier alpha value is -2.44. The molecule has 2 heterocycles. The second kappa shape index (κ2) is 8.60. The first-order valence-corrected chi connectivity index (χ1v) is 13.7. The first-order valence-electron chi connectivity index (χ1n) is 8.64. The summed E-state index contributed by atoms with van der Waals surface area (Å²) in [7, 11) is -7.58. The van der Waals surface area contributed by atoms with E-state index in [9.17, 15) is 16.8 Å². The van der Waals surface area contributed by atoms with Crippen LogP contribution in [-0.4, -0.2) is 21.8 Å². The molecule has 0 aliphatic rings. The molecule has 12 heteroatoms. The van der Waals surface area contributed by atoms with Crippen molar-refractivity contribution >= 4 is 65.1 Å². The predicted octanol–water partition coefficient (Wildman–Crippen LogP) is 5.13. The smallest absolute Gasteiger partial charge is 0.273 e. The summed E-state index contributed by atoms with van der Waals surface area (Å²) in [6, 6.07) is 15.7. The molecule has 31 heavy (non-hydrogen) atoms. The lowest BCUT2D eigenvalue weighted by Crippen LogP contribution is -2.13. The minimum absolute atomic E-state index is 0.0642. The molecular formula is C19H14ClN3O4S4. The average Bonchev–Trinajstić information content (AvgIpc) is 3.41. The number of nitrogens with zero attached hydrogens (tertiary/aromatic N) is 1. The summed E-state index contributed by atoms with van der Waals surface area (Å²) in [5.74, 6) is 0. The van der Waals surface area contributed by atoms with Gasteiger partial charge < -0.3 is 0 Å². The van der Waals surface area contributed by atoms with E-state index in [1.807, 2.05) is 0 Å². The highest BCUT2D eigenvalue weighted by atomic mass is 35.5. The van der Waals surface area contributed by atoms with Gasteiger partial charge in [-0.25, -0.2) is 21.8 Å². The molecule has 0 saturated carbocycles. The zero-order valence-electron chi connectivity index (χ0n) is 15.5. The zero-order chi connectivity index (χ0) is 22.1. The van der Waals surface area contributed by atoms with E-state index in [2.05, 4.69) is 14.4 Å². The molecule has 2 aromatic carbocycles. The van der Waals surface area contributed by atoms with Crippen molar-refractivity contribution in [2.24, 2.45) is 0 Å². The maximum Gasteiger partial charge on any atom is 0.273 e. The van der Waals surface area contributed by atoms with E-state index in [4.69, 9.17) is 11.6 Å². The van der Waals surface area contributed by atoms with Crippen molar-refractivity contribution in [2.45, 2.75) is 9.10 Å². The fourth-order valence-corrected chi connectivity index (χ4v) is 6.80. The summed E-state index contributed by atoms with van der Waals surface area (Å²) in [5.41, 5.74) is 1.26. The number of para-hydroxylation sites is 1. The van der Waals surface area contributed by atoms with Crippen LogP contribution in [0.25, 0.3) is 11.3 Å². The first kappa shape index (κ1) is 21.8. The lowest BCUT2D eigenvalue weighted by Gasteiger charge is -2.11. The topological polar surface area (TPSA) is 105 Å². The molecule has 160 valence electrons.